The SMILES string of the molecule is COc1ccc2c(c1)CC[C@H]1[C@@H]2CC[C@]2(C)[C@H](Br)[C@@H](O)C[C@@H]12. The van der Waals surface area contributed by atoms with Crippen molar-refractivity contribution in [3.8, 4) is 5.75 Å². The lowest BCUT2D eigenvalue weighted by Crippen LogP contribution is -2.43. The fourth-order valence-electron chi connectivity index (χ4n) is 5.64. The first kappa shape index (κ1) is 15.0. The van der Waals surface area contributed by atoms with Crippen molar-refractivity contribution in [2.75, 3.05) is 7.11 Å². The molecule has 0 spiro atoms. The van der Waals surface area contributed by atoms with Crippen molar-refractivity contribution in [2.24, 2.45) is 17.3 Å². The monoisotopic (exact) mass is 364 g/mol. The topological polar surface area (TPSA) is 29.5 Å². The van der Waals surface area contributed by atoms with E-state index in [-0.39, 0.29) is 16.3 Å². The highest BCUT2D eigenvalue weighted by molar-refractivity contribution is 9.09. The zero-order valence-corrected chi connectivity index (χ0v) is 15.0. The lowest BCUT2D eigenvalue weighted by molar-refractivity contribution is 0.0640. The van der Waals surface area contributed by atoms with Crippen LogP contribution >= 0.6 is 15.9 Å². The minimum absolute atomic E-state index is 0.175. The average molecular weight is 365 g/mol. The lowest BCUT2D eigenvalue weighted by atomic mass is 9.56. The van der Waals surface area contributed by atoms with Gasteiger partial charge in [0.15, 0.2) is 0 Å². The molecule has 2 fully saturated rings. The fourth-order valence-corrected chi connectivity index (χ4v) is 6.42. The van der Waals surface area contributed by atoms with Gasteiger partial charge < -0.3 is 9.84 Å². The number of halogens is 1. The van der Waals surface area contributed by atoms with Gasteiger partial charge in [-0.15, -0.1) is 0 Å². The van der Waals surface area contributed by atoms with Crippen LogP contribution in [0.1, 0.15) is 49.7 Å². The van der Waals surface area contributed by atoms with E-state index in [9.17, 15) is 5.11 Å². The van der Waals surface area contributed by atoms with Crippen LogP contribution in [-0.2, 0) is 6.42 Å². The summed E-state index contributed by atoms with van der Waals surface area (Å²) in [4.78, 5) is 0.267. The lowest BCUT2D eigenvalue weighted by Gasteiger charge is -2.50. The van der Waals surface area contributed by atoms with Crippen LogP contribution in [0.3, 0.4) is 0 Å². The first-order valence-electron chi connectivity index (χ1n) is 8.53. The summed E-state index contributed by atoms with van der Waals surface area (Å²) in [5.41, 5.74) is 3.30. The van der Waals surface area contributed by atoms with Crippen molar-refractivity contribution in [1.29, 1.82) is 0 Å². The first-order chi connectivity index (χ1) is 10.5. The quantitative estimate of drug-likeness (QED) is 0.753. The zero-order chi connectivity index (χ0) is 15.5. The van der Waals surface area contributed by atoms with Gasteiger partial charge in [0.25, 0.3) is 0 Å². The maximum Gasteiger partial charge on any atom is 0.119 e. The number of alkyl halides is 1. The standard InChI is InChI=1S/C19H25BrO2/c1-19-8-7-14-13-6-4-12(22-2)9-11(13)3-5-15(14)16(19)10-17(21)18(19)20/h4,6,9,14-18,21H,3,5,7-8,10H2,1-2H3/t14-,15+,16+,17+,18-,19+/m1/s1. The third-order valence-corrected chi connectivity index (χ3v) is 8.49. The number of ether oxygens (including phenoxy) is 1. The van der Waals surface area contributed by atoms with E-state index >= 15 is 0 Å². The van der Waals surface area contributed by atoms with Crippen molar-refractivity contribution >= 4 is 15.9 Å². The molecular weight excluding hydrogens is 340 g/mol. The second-order valence-corrected chi connectivity index (χ2v) is 8.72. The van der Waals surface area contributed by atoms with E-state index < -0.39 is 0 Å². The molecule has 0 saturated heterocycles. The summed E-state index contributed by atoms with van der Waals surface area (Å²) >= 11 is 3.80. The van der Waals surface area contributed by atoms with Gasteiger partial charge in [0, 0.05) is 4.83 Å². The van der Waals surface area contributed by atoms with E-state index in [1.54, 1.807) is 12.7 Å². The number of benzene rings is 1. The Kier molecular flexibility index (Phi) is 3.58. The Balaban J connectivity index is 1.69. The van der Waals surface area contributed by atoms with Crippen molar-refractivity contribution < 1.29 is 9.84 Å². The summed E-state index contributed by atoms with van der Waals surface area (Å²) in [6.07, 6.45) is 5.69. The van der Waals surface area contributed by atoms with Gasteiger partial charge in [-0.2, -0.15) is 0 Å². The van der Waals surface area contributed by atoms with Gasteiger partial charge in [-0.05, 0) is 78.5 Å². The summed E-state index contributed by atoms with van der Waals surface area (Å²) in [5.74, 6) is 3.05. The summed E-state index contributed by atoms with van der Waals surface area (Å²) in [6.45, 7) is 2.40. The molecule has 0 aliphatic heterocycles. The van der Waals surface area contributed by atoms with Gasteiger partial charge in [0.2, 0.25) is 0 Å². The largest absolute Gasteiger partial charge is 0.497 e. The molecule has 0 bridgehead atoms. The molecule has 6 atom stereocenters. The van der Waals surface area contributed by atoms with E-state index in [1.165, 1.54) is 24.8 Å². The van der Waals surface area contributed by atoms with Gasteiger partial charge in [-0.3, -0.25) is 0 Å². The Hall–Kier alpha value is -0.540. The molecule has 1 N–H and O–H groups in total. The Morgan fingerprint density at radius 2 is 2.14 bits per heavy atom. The van der Waals surface area contributed by atoms with Crippen molar-refractivity contribution in [3.63, 3.8) is 0 Å². The average Bonchev–Trinajstić information content (AvgIpc) is 2.77. The van der Waals surface area contributed by atoms with Crippen LogP contribution in [0.5, 0.6) is 5.75 Å². The molecule has 0 amide bonds. The molecule has 2 nitrogen and oxygen atoms in total. The highest BCUT2D eigenvalue weighted by Gasteiger charge is 2.57. The van der Waals surface area contributed by atoms with E-state index in [0.29, 0.717) is 11.8 Å². The molecule has 120 valence electrons. The molecule has 1 aromatic carbocycles. The number of hydrogen-bond donors (Lipinski definition) is 1. The van der Waals surface area contributed by atoms with Gasteiger partial charge in [0.1, 0.15) is 5.75 Å². The highest BCUT2D eigenvalue weighted by atomic mass is 79.9. The van der Waals surface area contributed by atoms with Crippen LogP contribution in [0.2, 0.25) is 0 Å². The number of aryl methyl sites for hydroxylation is 1. The summed E-state index contributed by atoms with van der Waals surface area (Å²) < 4.78 is 5.39. The second kappa shape index (κ2) is 5.24. The molecule has 0 heterocycles. The van der Waals surface area contributed by atoms with Crippen molar-refractivity contribution in [2.45, 2.75) is 55.9 Å². The fraction of sp³-hybridized carbons (Fsp3) is 0.684. The minimum atomic E-state index is -0.175. The van der Waals surface area contributed by atoms with E-state index in [0.717, 1.165) is 24.5 Å². The van der Waals surface area contributed by atoms with Crippen LogP contribution in [0.4, 0.5) is 0 Å². The Morgan fingerprint density at radius 1 is 1.32 bits per heavy atom. The number of rotatable bonds is 1. The predicted octanol–water partition coefficient (Wildman–Crippen LogP) is 4.29. The molecule has 0 aromatic heterocycles. The Labute approximate surface area is 141 Å². The molecular formula is C19H25BrO2. The smallest absolute Gasteiger partial charge is 0.119 e. The van der Waals surface area contributed by atoms with Crippen LogP contribution in [0, 0.1) is 17.3 Å². The van der Waals surface area contributed by atoms with Gasteiger partial charge in [0.05, 0.1) is 13.2 Å². The Bertz CT molecular complexity index is 587. The highest BCUT2D eigenvalue weighted by Crippen LogP contribution is 2.62. The number of aliphatic hydroxyl groups excluding tert-OH is 1. The number of hydrogen-bond acceptors (Lipinski definition) is 2. The third-order valence-electron chi connectivity index (χ3n) is 6.83. The van der Waals surface area contributed by atoms with E-state index in [1.807, 2.05) is 0 Å². The molecule has 1 aromatic rings. The van der Waals surface area contributed by atoms with Gasteiger partial charge >= 0.3 is 0 Å². The predicted molar refractivity (Wildman–Crippen MR) is 91.7 cm³/mol. The molecule has 22 heavy (non-hydrogen) atoms. The van der Waals surface area contributed by atoms with Crippen LogP contribution in [-0.4, -0.2) is 23.1 Å². The zero-order valence-electron chi connectivity index (χ0n) is 13.4. The molecule has 3 heteroatoms. The molecule has 0 radical (unpaired) electrons. The van der Waals surface area contributed by atoms with Crippen molar-refractivity contribution in [1.82, 2.24) is 0 Å². The summed E-state index contributed by atoms with van der Waals surface area (Å²) in [6, 6.07) is 6.65. The Morgan fingerprint density at radius 3 is 2.91 bits per heavy atom. The molecule has 3 aliphatic carbocycles. The normalized spacial score (nSPS) is 43.2. The van der Waals surface area contributed by atoms with E-state index in [2.05, 4.69) is 41.1 Å². The molecule has 4 rings (SSSR count). The van der Waals surface area contributed by atoms with Gasteiger partial charge in [-0.25, -0.2) is 0 Å². The molecule has 3 aliphatic rings. The third kappa shape index (κ3) is 2.01. The van der Waals surface area contributed by atoms with E-state index in [4.69, 9.17) is 4.74 Å². The number of methoxy groups -OCH3 is 1. The first-order valence-corrected chi connectivity index (χ1v) is 9.45. The maximum atomic E-state index is 10.4. The number of fused-ring (bicyclic) bond motifs is 5. The summed E-state index contributed by atoms with van der Waals surface area (Å²) in [5, 5.41) is 10.4. The van der Waals surface area contributed by atoms with Crippen LogP contribution in [0.25, 0.3) is 0 Å². The number of aliphatic hydroxyl groups is 1. The van der Waals surface area contributed by atoms with Crippen LogP contribution < -0.4 is 4.74 Å². The maximum absolute atomic E-state index is 10.4. The van der Waals surface area contributed by atoms with Crippen LogP contribution in [0.15, 0.2) is 18.2 Å². The second-order valence-electron chi connectivity index (χ2n) is 7.73. The summed E-state index contributed by atoms with van der Waals surface area (Å²) in [7, 11) is 1.75. The molecule has 0 unspecified atom stereocenters. The van der Waals surface area contributed by atoms with Crippen molar-refractivity contribution in [3.05, 3.63) is 29.3 Å². The molecule has 2 saturated carbocycles. The minimum Gasteiger partial charge on any atom is -0.497 e. The van der Waals surface area contributed by atoms with Gasteiger partial charge in [-0.1, -0.05) is 28.9 Å².